The summed E-state index contributed by atoms with van der Waals surface area (Å²) in [5.41, 5.74) is 1.10. The highest BCUT2D eigenvalue weighted by Crippen LogP contribution is 2.07. The minimum atomic E-state index is 0.699. The first-order chi connectivity index (χ1) is 5.83. The van der Waals surface area contributed by atoms with Gasteiger partial charge in [-0.3, -0.25) is 5.32 Å². The molecule has 1 rings (SSSR count). The summed E-state index contributed by atoms with van der Waals surface area (Å²) in [4.78, 5) is 0. The van der Waals surface area contributed by atoms with Crippen LogP contribution in [0.2, 0.25) is 0 Å². The van der Waals surface area contributed by atoms with E-state index in [1.807, 2.05) is 30.3 Å². The molecular formula is C11H16N. The molecule has 1 radical (unpaired) electrons. The van der Waals surface area contributed by atoms with Gasteiger partial charge in [0.1, 0.15) is 0 Å². The summed E-state index contributed by atoms with van der Waals surface area (Å²) in [5, 5.41) is 4.48. The Morgan fingerprint density at radius 2 is 1.92 bits per heavy atom. The van der Waals surface area contributed by atoms with Crippen molar-refractivity contribution >= 4 is 5.69 Å². The van der Waals surface area contributed by atoms with Crippen molar-refractivity contribution in [2.75, 3.05) is 6.54 Å². The molecule has 0 fully saturated rings. The number of hydrogen-bond acceptors (Lipinski definition) is 0. The third kappa shape index (κ3) is 2.95. The van der Waals surface area contributed by atoms with E-state index in [9.17, 15) is 0 Å². The average molecular weight is 162 g/mol. The van der Waals surface area contributed by atoms with Gasteiger partial charge in [0.05, 0.1) is 5.69 Å². The molecule has 0 aliphatic carbocycles. The van der Waals surface area contributed by atoms with Gasteiger partial charge >= 0.3 is 0 Å². The summed E-state index contributed by atoms with van der Waals surface area (Å²) in [6.07, 6.45) is 1.20. The molecule has 0 aliphatic rings. The molecule has 0 aromatic heterocycles. The van der Waals surface area contributed by atoms with Gasteiger partial charge in [0.15, 0.2) is 0 Å². The zero-order valence-electron chi connectivity index (χ0n) is 7.83. The summed E-state index contributed by atoms with van der Waals surface area (Å²) < 4.78 is 0. The van der Waals surface area contributed by atoms with E-state index in [0.29, 0.717) is 5.92 Å². The Kier molecular flexibility index (Phi) is 3.65. The monoisotopic (exact) mass is 162 g/mol. The van der Waals surface area contributed by atoms with E-state index in [2.05, 4.69) is 19.2 Å². The number of para-hydroxylation sites is 1. The smallest absolute Gasteiger partial charge is 0.0574 e. The fraction of sp³-hybridized carbons (Fsp3) is 0.455. The van der Waals surface area contributed by atoms with Crippen molar-refractivity contribution in [3.05, 3.63) is 30.3 Å². The average Bonchev–Trinajstić information content (AvgIpc) is 2.16. The molecule has 12 heavy (non-hydrogen) atoms. The maximum atomic E-state index is 4.48. The number of hydrogen-bond donors (Lipinski definition) is 0. The second-order valence-corrected chi connectivity index (χ2v) is 3.19. The third-order valence-electron chi connectivity index (χ3n) is 2.04. The van der Waals surface area contributed by atoms with Crippen molar-refractivity contribution in [2.45, 2.75) is 20.3 Å². The fourth-order valence-corrected chi connectivity index (χ4v) is 0.924. The van der Waals surface area contributed by atoms with Gasteiger partial charge < -0.3 is 0 Å². The van der Waals surface area contributed by atoms with Crippen LogP contribution >= 0.6 is 0 Å². The SMILES string of the molecule is CCC(C)C[N]c1ccccc1. The Morgan fingerprint density at radius 3 is 2.50 bits per heavy atom. The van der Waals surface area contributed by atoms with Gasteiger partial charge in [-0.2, -0.15) is 0 Å². The standard InChI is InChI=1S/C11H16N/c1-3-10(2)9-12-11-7-5-4-6-8-11/h4-8,10H,3,9H2,1-2H3. The Morgan fingerprint density at radius 1 is 1.25 bits per heavy atom. The second kappa shape index (κ2) is 4.81. The van der Waals surface area contributed by atoms with E-state index in [0.717, 1.165) is 12.2 Å². The Hall–Kier alpha value is -0.980. The lowest BCUT2D eigenvalue weighted by molar-refractivity contribution is 0.538. The quantitative estimate of drug-likeness (QED) is 0.646. The largest absolute Gasteiger partial charge is 0.285 e. The van der Waals surface area contributed by atoms with Gasteiger partial charge in [0.2, 0.25) is 0 Å². The lowest BCUT2D eigenvalue weighted by atomic mass is 10.1. The first-order valence-electron chi connectivity index (χ1n) is 4.55. The second-order valence-electron chi connectivity index (χ2n) is 3.19. The molecular weight excluding hydrogens is 146 g/mol. The van der Waals surface area contributed by atoms with Crippen molar-refractivity contribution in [3.8, 4) is 0 Å². The van der Waals surface area contributed by atoms with Crippen molar-refractivity contribution in [2.24, 2.45) is 5.92 Å². The normalized spacial score (nSPS) is 12.5. The topological polar surface area (TPSA) is 14.1 Å². The molecule has 1 aromatic rings. The maximum absolute atomic E-state index is 4.48. The van der Waals surface area contributed by atoms with Crippen LogP contribution in [0.3, 0.4) is 0 Å². The minimum absolute atomic E-state index is 0.699. The number of rotatable bonds is 4. The van der Waals surface area contributed by atoms with Crippen LogP contribution in [0.4, 0.5) is 5.69 Å². The third-order valence-corrected chi connectivity index (χ3v) is 2.04. The molecule has 1 heteroatoms. The summed E-state index contributed by atoms with van der Waals surface area (Å²) >= 11 is 0. The van der Waals surface area contributed by atoms with Crippen LogP contribution in [0.25, 0.3) is 0 Å². The molecule has 0 amide bonds. The van der Waals surface area contributed by atoms with E-state index >= 15 is 0 Å². The summed E-state index contributed by atoms with van der Waals surface area (Å²) in [6, 6.07) is 10.2. The van der Waals surface area contributed by atoms with E-state index < -0.39 is 0 Å². The molecule has 0 saturated heterocycles. The first-order valence-corrected chi connectivity index (χ1v) is 4.55. The minimum Gasteiger partial charge on any atom is -0.285 e. The molecule has 0 N–H and O–H groups in total. The molecule has 0 saturated carbocycles. The van der Waals surface area contributed by atoms with Crippen LogP contribution in [-0.4, -0.2) is 6.54 Å². The molecule has 0 bridgehead atoms. The molecule has 1 unspecified atom stereocenters. The van der Waals surface area contributed by atoms with E-state index in [4.69, 9.17) is 0 Å². The van der Waals surface area contributed by atoms with Crippen LogP contribution in [0.1, 0.15) is 20.3 Å². The zero-order valence-corrected chi connectivity index (χ0v) is 7.83. The zero-order chi connectivity index (χ0) is 8.81. The van der Waals surface area contributed by atoms with Gasteiger partial charge in [0.25, 0.3) is 0 Å². The lowest BCUT2D eigenvalue weighted by Gasteiger charge is -2.07. The fourth-order valence-electron chi connectivity index (χ4n) is 0.924. The number of nitrogens with zero attached hydrogens (tertiary/aromatic N) is 1. The Balaban J connectivity index is 2.33. The molecule has 1 nitrogen and oxygen atoms in total. The molecule has 0 aliphatic heterocycles. The van der Waals surface area contributed by atoms with Crippen LogP contribution < -0.4 is 5.32 Å². The Bertz CT molecular complexity index is 206. The van der Waals surface area contributed by atoms with Crippen LogP contribution in [-0.2, 0) is 0 Å². The molecule has 1 aromatic carbocycles. The summed E-state index contributed by atoms with van der Waals surface area (Å²) in [7, 11) is 0. The predicted octanol–water partition coefficient (Wildman–Crippen LogP) is 2.97. The first kappa shape index (κ1) is 9.11. The van der Waals surface area contributed by atoms with E-state index in [-0.39, 0.29) is 0 Å². The van der Waals surface area contributed by atoms with E-state index in [1.165, 1.54) is 6.42 Å². The van der Waals surface area contributed by atoms with Crippen molar-refractivity contribution in [1.29, 1.82) is 0 Å². The van der Waals surface area contributed by atoms with Crippen molar-refractivity contribution in [3.63, 3.8) is 0 Å². The molecule has 1 atom stereocenters. The molecule has 65 valence electrons. The number of benzene rings is 1. The Labute approximate surface area is 74.8 Å². The molecule has 0 spiro atoms. The predicted molar refractivity (Wildman–Crippen MR) is 52.6 cm³/mol. The van der Waals surface area contributed by atoms with Gasteiger partial charge in [-0.1, -0.05) is 38.5 Å². The lowest BCUT2D eigenvalue weighted by Crippen LogP contribution is -2.08. The van der Waals surface area contributed by atoms with Gasteiger partial charge in [-0.15, -0.1) is 0 Å². The van der Waals surface area contributed by atoms with Crippen molar-refractivity contribution < 1.29 is 0 Å². The summed E-state index contributed by atoms with van der Waals surface area (Å²) in [6.45, 7) is 5.37. The summed E-state index contributed by atoms with van der Waals surface area (Å²) in [5.74, 6) is 0.699. The molecule has 0 heterocycles. The van der Waals surface area contributed by atoms with E-state index in [1.54, 1.807) is 0 Å². The highest BCUT2D eigenvalue weighted by atomic mass is 14.9. The highest BCUT2D eigenvalue weighted by Gasteiger charge is 1.98. The van der Waals surface area contributed by atoms with Crippen molar-refractivity contribution in [1.82, 2.24) is 5.32 Å². The van der Waals surface area contributed by atoms with Gasteiger partial charge in [-0.05, 0) is 18.1 Å². The highest BCUT2D eigenvalue weighted by molar-refractivity contribution is 5.34. The maximum Gasteiger partial charge on any atom is 0.0574 e. The van der Waals surface area contributed by atoms with Gasteiger partial charge in [-0.25, -0.2) is 0 Å². The van der Waals surface area contributed by atoms with Crippen LogP contribution in [0, 0.1) is 5.92 Å². The van der Waals surface area contributed by atoms with Crippen LogP contribution in [0.15, 0.2) is 30.3 Å². The van der Waals surface area contributed by atoms with Crippen LogP contribution in [0.5, 0.6) is 0 Å². The van der Waals surface area contributed by atoms with Gasteiger partial charge in [0, 0.05) is 6.54 Å².